The Morgan fingerprint density at radius 3 is 2.70 bits per heavy atom. The molecule has 0 radical (unpaired) electrons. The lowest BCUT2D eigenvalue weighted by Gasteiger charge is -2.37. The van der Waals surface area contributed by atoms with E-state index in [1.165, 1.54) is 0 Å². The summed E-state index contributed by atoms with van der Waals surface area (Å²) in [6, 6.07) is 2.08. The average Bonchev–Trinajstić information content (AvgIpc) is 2.89. The van der Waals surface area contributed by atoms with Crippen LogP contribution in [0.25, 0.3) is 11.4 Å². The van der Waals surface area contributed by atoms with Crippen molar-refractivity contribution in [2.75, 3.05) is 18.9 Å². The largest absolute Gasteiger partial charge is 0.397 e. The van der Waals surface area contributed by atoms with E-state index >= 15 is 0 Å². The predicted molar refractivity (Wildman–Crippen MR) is 148 cm³/mol. The van der Waals surface area contributed by atoms with E-state index in [1.807, 2.05) is 43.2 Å². The van der Waals surface area contributed by atoms with Crippen LogP contribution in [0.3, 0.4) is 0 Å². The molecule has 1 aliphatic heterocycles. The standard InChI is InChI=1S/C28H38N8O/c1-6-8-21(24(29)16-30-5)14-23(9-7-2)33-27-15-25(26-17-31-12-13-32-26)34-28(35-27)22-11-10-19(3)36(18-22)20(4)37/h7-9,12-17,19,22,30H,6,10-11,18,29H2,1-5H3,(H,33,34,35)/b9-7-,21-8-,23-14+,24-16-/t19-,22+/m0/s1. The predicted octanol–water partition coefficient (Wildman–Crippen LogP) is 4.28. The number of allylic oxidation sites excluding steroid dienone is 4. The molecule has 1 aliphatic rings. The van der Waals surface area contributed by atoms with Gasteiger partial charge in [-0.1, -0.05) is 19.1 Å². The van der Waals surface area contributed by atoms with Gasteiger partial charge in [-0.2, -0.15) is 0 Å². The van der Waals surface area contributed by atoms with Gasteiger partial charge >= 0.3 is 0 Å². The van der Waals surface area contributed by atoms with Gasteiger partial charge in [-0.3, -0.25) is 14.8 Å². The first-order valence-electron chi connectivity index (χ1n) is 12.7. The van der Waals surface area contributed by atoms with Crippen molar-refractivity contribution in [2.24, 2.45) is 5.73 Å². The van der Waals surface area contributed by atoms with Crippen LogP contribution < -0.4 is 16.4 Å². The van der Waals surface area contributed by atoms with Crippen LogP contribution in [0.15, 0.2) is 72.1 Å². The van der Waals surface area contributed by atoms with Crippen molar-refractivity contribution in [3.8, 4) is 11.4 Å². The highest BCUT2D eigenvalue weighted by Crippen LogP contribution is 2.30. The molecule has 3 rings (SSSR count). The Bertz CT molecular complexity index is 1190. The summed E-state index contributed by atoms with van der Waals surface area (Å²) >= 11 is 0. The smallest absolute Gasteiger partial charge is 0.219 e. The lowest BCUT2D eigenvalue weighted by atomic mass is 9.92. The zero-order valence-electron chi connectivity index (χ0n) is 22.4. The molecule has 0 unspecified atom stereocenters. The third-order valence-corrected chi connectivity index (χ3v) is 6.21. The fourth-order valence-electron chi connectivity index (χ4n) is 4.37. The summed E-state index contributed by atoms with van der Waals surface area (Å²) in [6.45, 7) is 8.33. The van der Waals surface area contributed by atoms with Crippen molar-refractivity contribution < 1.29 is 4.79 Å². The van der Waals surface area contributed by atoms with E-state index in [2.05, 4.69) is 40.5 Å². The monoisotopic (exact) mass is 502 g/mol. The van der Waals surface area contributed by atoms with Crippen LogP contribution >= 0.6 is 0 Å². The number of anilines is 1. The van der Waals surface area contributed by atoms with Crippen molar-refractivity contribution in [1.29, 1.82) is 0 Å². The van der Waals surface area contributed by atoms with Crippen LogP contribution in [0.4, 0.5) is 5.82 Å². The van der Waals surface area contributed by atoms with E-state index in [9.17, 15) is 4.79 Å². The Hall–Kier alpha value is -4.01. The minimum atomic E-state index is 0.0242. The molecule has 0 bridgehead atoms. The summed E-state index contributed by atoms with van der Waals surface area (Å²) in [5, 5.41) is 6.44. The molecular weight excluding hydrogens is 464 g/mol. The van der Waals surface area contributed by atoms with Gasteiger partial charge in [0, 0.05) is 62.8 Å². The van der Waals surface area contributed by atoms with Gasteiger partial charge in [0.25, 0.3) is 0 Å². The molecule has 9 heteroatoms. The van der Waals surface area contributed by atoms with Crippen molar-refractivity contribution in [1.82, 2.24) is 30.2 Å². The van der Waals surface area contributed by atoms with E-state index in [4.69, 9.17) is 15.7 Å². The highest BCUT2D eigenvalue weighted by Gasteiger charge is 2.30. The maximum Gasteiger partial charge on any atom is 0.219 e. The number of carbonyl (C=O) groups is 1. The number of amides is 1. The van der Waals surface area contributed by atoms with E-state index in [0.717, 1.165) is 30.5 Å². The zero-order chi connectivity index (χ0) is 26.8. The van der Waals surface area contributed by atoms with Gasteiger partial charge in [0.15, 0.2) is 0 Å². The highest BCUT2D eigenvalue weighted by atomic mass is 16.2. The summed E-state index contributed by atoms with van der Waals surface area (Å²) in [5.41, 5.74) is 9.98. The maximum absolute atomic E-state index is 12.2. The minimum absolute atomic E-state index is 0.0242. The van der Waals surface area contributed by atoms with Gasteiger partial charge in [-0.05, 0) is 50.8 Å². The number of carbonyl (C=O) groups excluding carboxylic acids is 1. The Morgan fingerprint density at radius 2 is 2.05 bits per heavy atom. The van der Waals surface area contributed by atoms with Crippen molar-refractivity contribution in [2.45, 2.75) is 58.9 Å². The minimum Gasteiger partial charge on any atom is -0.397 e. The molecule has 1 amide bonds. The SMILES string of the molecule is C\C=C/C(=C\C(=C\CC)C(\N)=C\NC)Nc1cc(-c2cnccn2)nc([C@@H]2CC[C@H](C)N(C(C)=O)C2)n1. The molecule has 9 nitrogen and oxygen atoms in total. The average molecular weight is 503 g/mol. The number of aromatic nitrogens is 4. The first-order chi connectivity index (χ1) is 17.9. The lowest BCUT2D eigenvalue weighted by molar-refractivity contribution is -0.132. The summed E-state index contributed by atoms with van der Waals surface area (Å²) in [7, 11) is 1.82. The molecule has 196 valence electrons. The second-order valence-corrected chi connectivity index (χ2v) is 9.06. The number of nitrogens with two attached hydrogens (primary N) is 1. The summed E-state index contributed by atoms with van der Waals surface area (Å²) in [6.07, 6.45) is 17.4. The van der Waals surface area contributed by atoms with Crippen LogP contribution in [0, 0.1) is 0 Å². The Labute approximate surface area is 219 Å². The number of likely N-dealkylation sites (tertiary alicyclic amines) is 1. The van der Waals surface area contributed by atoms with Gasteiger partial charge in [-0.25, -0.2) is 9.97 Å². The van der Waals surface area contributed by atoms with Crippen LogP contribution in [-0.2, 0) is 4.79 Å². The third-order valence-electron chi connectivity index (χ3n) is 6.21. The summed E-state index contributed by atoms with van der Waals surface area (Å²) in [5.74, 6) is 1.41. The van der Waals surface area contributed by atoms with Crippen molar-refractivity contribution >= 4 is 11.7 Å². The number of nitrogens with zero attached hydrogens (tertiary/aromatic N) is 5. The topological polar surface area (TPSA) is 122 Å². The number of nitrogens with one attached hydrogen (secondary N) is 2. The molecule has 4 N–H and O–H groups in total. The lowest BCUT2D eigenvalue weighted by Crippen LogP contribution is -2.44. The van der Waals surface area contributed by atoms with Gasteiger partial charge in [0.1, 0.15) is 17.3 Å². The molecule has 2 aromatic heterocycles. The number of piperidine rings is 1. The molecular formula is C28H38N8O. The number of hydrogen-bond donors (Lipinski definition) is 3. The summed E-state index contributed by atoms with van der Waals surface area (Å²) in [4.78, 5) is 32.6. The first-order valence-corrected chi connectivity index (χ1v) is 12.7. The van der Waals surface area contributed by atoms with Crippen LogP contribution in [-0.4, -0.2) is 50.4 Å². The first kappa shape index (κ1) is 27.6. The second-order valence-electron chi connectivity index (χ2n) is 9.06. The molecule has 0 saturated carbocycles. The zero-order valence-corrected chi connectivity index (χ0v) is 22.4. The van der Waals surface area contributed by atoms with Gasteiger partial charge in [0.05, 0.1) is 17.6 Å². The maximum atomic E-state index is 12.2. The quantitative estimate of drug-likeness (QED) is 0.435. The molecule has 3 heterocycles. The molecule has 37 heavy (non-hydrogen) atoms. The van der Waals surface area contributed by atoms with Crippen LogP contribution in [0.2, 0.25) is 0 Å². The molecule has 1 fully saturated rings. The highest BCUT2D eigenvalue weighted by molar-refractivity contribution is 5.73. The Morgan fingerprint density at radius 1 is 1.24 bits per heavy atom. The molecule has 0 aromatic carbocycles. The fraction of sp³-hybridized carbons (Fsp3) is 0.393. The van der Waals surface area contributed by atoms with Crippen LogP contribution in [0.5, 0.6) is 0 Å². The van der Waals surface area contributed by atoms with E-state index < -0.39 is 0 Å². The van der Waals surface area contributed by atoms with Crippen LogP contribution in [0.1, 0.15) is 58.7 Å². The summed E-state index contributed by atoms with van der Waals surface area (Å²) < 4.78 is 0. The Balaban J connectivity index is 2.05. The molecule has 2 atom stereocenters. The molecule has 1 saturated heterocycles. The number of rotatable bonds is 9. The molecule has 0 aliphatic carbocycles. The van der Waals surface area contributed by atoms with Gasteiger partial charge in [0.2, 0.25) is 5.91 Å². The normalized spacial score (nSPS) is 19.3. The van der Waals surface area contributed by atoms with E-state index in [1.54, 1.807) is 31.7 Å². The number of hydrogen-bond acceptors (Lipinski definition) is 8. The van der Waals surface area contributed by atoms with Crippen molar-refractivity contribution in [3.63, 3.8) is 0 Å². The third kappa shape index (κ3) is 7.49. The molecule has 2 aromatic rings. The van der Waals surface area contributed by atoms with Gasteiger partial charge in [-0.15, -0.1) is 0 Å². The van der Waals surface area contributed by atoms with E-state index in [0.29, 0.717) is 35.3 Å². The van der Waals surface area contributed by atoms with E-state index in [-0.39, 0.29) is 17.9 Å². The van der Waals surface area contributed by atoms with Crippen molar-refractivity contribution in [3.05, 3.63) is 78.0 Å². The second kappa shape index (κ2) is 13.3. The molecule has 0 spiro atoms. The fourth-order valence-corrected chi connectivity index (χ4v) is 4.37. The Kier molecular flexibility index (Phi) is 9.94. The van der Waals surface area contributed by atoms with Gasteiger partial charge < -0.3 is 21.3 Å².